The van der Waals surface area contributed by atoms with E-state index in [1.54, 1.807) is 0 Å². The molecule has 0 amide bonds. The molecule has 0 aliphatic rings. The molecule has 1 N–H and O–H groups in total. The molecule has 0 aliphatic carbocycles. The number of rotatable bonds is 8. The minimum atomic E-state index is -0.239. The maximum Gasteiger partial charge on any atom is 0.324 e. The van der Waals surface area contributed by atoms with Gasteiger partial charge in [-0.1, -0.05) is 20.8 Å². The Bertz CT molecular complexity index is 217. The smallest absolute Gasteiger partial charge is 0.324 e. The van der Waals surface area contributed by atoms with Crippen molar-refractivity contribution in [2.45, 2.75) is 59.7 Å². The van der Waals surface area contributed by atoms with Crippen molar-refractivity contribution in [1.82, 2.24) is 10.2 Å². The van der Waals surface area contributed by atoms with E-state index in [0.717, 1.165) is 6.54 Å². The van der Waals surface area contributed by atoms with Gasteiger partial charge in [-0.3, -0.25) is 9.69 Å². The van der Waals surface area contributed by atoms with Crippen LogP contribution in [0.5, 0.6) is 0 Å². The molecule has 0 spiro atoms. The Hall–Kier alpha value is -0.610. The van der Waals surface area contributed by atoms with Crippen molar-refractivity contribution in [2.75, 3.05) is 19.7 Å². The molecular weight excluding hydrogens is 216 g/mol. The first-order chi connectivity index (χ1) is 7.92. The summed E-state index contributed by atoms with van der Waals surface area (Å²) in [6.45, 7) is 14.4. The van der Waals surface area contributed by atoms with Crippen LogP contribution in [0.1, 0.15) is 41.5 Å². The van der Waals surface area contributed by atoms with Crippen LogP contribution < -0.4 is 5.32 Å². The number of nitrogens with zero attached hydrogens (tertiary/aromatic N) is 1. The Labute approximate surface area is 106 Å². The third kappa shape index (κ3) is 6.64. The summed E-state index contributed by atoms with van der Waals surface area (Å²) in [5, 5.41) is 3.27. The van der Waals surface area contributed by atoms with Crippen LogP contribution in [0.3, 0.4) is 0 Å². The van der Waals surface area contributed by atoms with Crippen molar-refractivity contribution in [1.29, 1.82) is 0 Å². The number of esters is 1. The van der Waals surface area contributed by atoms with E-state index in [2.05, 4.69) is 31.0 Å². The highest BCUT2D eigenvalue weighted by molar-refractivity contribution is 5.76. The Balaban J connectivity index is 4.51. The van der Waals surface area contributed by atoms with Crippen LogP contribution in [-0.2, 0) is 9.53 Å². The summed E-state index contributed by atoms with van der Waals surface area (Å²) in [6, 6.07) is 0.471. The van der Waals surface area contributed by atoms with E-state index < -0.39 is 0 Å². The standard InChI is InChI=1S/C13H28N2O2/c1-7-15(11(5)6)9-12(14-10(3)4)13(16)17-8-2/h10-12,14H,7-9H2,1-6H3. The van der Waals surface area contributed by atoms with Crippen molar-refractivity contribution in [3.05, 3.63) is 0 Å². The van der Waals surface area contributed by atoms with Crippen LogP contribution in [0.4, 0.5) is 0 Å². The van der Waals surface area contributed by atoms with Gasteiger partial charge >= 0.3 is 5.97 Å². The third-order valence-corrected chi connectivity index (χ3v) is 2.66. The molecule has 0 aromatic rings. The van der Waals surface area contributed by atoms with Crippen molar-refractivity contribution in [3.8, 4) is 0 Å². The summed E-state index contributed by atoms with van der Waals surface area (Å²) in [4.78, 5) is 14.1. The maximum atomic E-state index is 11.8. The average molecular weight is 244 g/mol. The molecule has 0 radical (unpaired) electrons. The fourth-order valence-corrected chi connectivity index (χ4v) is 1.78. The molecule has 0 aromatic carbocycles. The maximum absolute atomic E-state index is 11.8. The zero-order valence-corrected chi connectivity index (χ0v) is 12.1. The van der Waals surface area contributed by atoms with Gasteiger partial charge in [-0.2, -0.15) is 0 Å². The summed E-state index contributed by atoms with van der Waals surface area (Å²) in [5.74, 6) is -0.152. The van der Waals surface area contributed by atoms with Crippen molar-refractivity contribution < 1.29 is 9.53 Å². The lowest BCUT2D eigenvalue weighted by Crippen LogP contribution is -2.50. The third-order valence-electron chi connectivity index (χ3n) is 2.66. The van der Waals surface area contributed by atoms with Gasteiger partial charge in [-0.25, -0.2) is 0 Å². The van der Waals surface area contributed by atoms with E-state index in [1.165, 1.54) is 0 Å². The molecule has 0 aromatic heterocycles. The molecular formula is C13H28N2O2. The fourth-order valence-electron chi connectivity index (χ4n) is 1.78. The van der Waals surface area contributed by atoms with Gasteiger partial charge in [0.2, 0.25) is 0 Å². The number of nitrogens with one attached hydrogen (secondary N) is 1. The molecule has 1 atom stereocenters. The number of likely N-dealkylation sites (N-methyl/N-ethyl adjacent to an activating group) is 1. The van der Waals surface area contributed by atoms with Gasteiger partial charge in [-0.15, -0.1) is 0 Å². The zero-order valence-electron chi connectivity index (χ0n) is 12.1. The lowest BCUT2D eigenvalue weighted by atomic mass is 10.2. The monoisotopic (exact) mass is 244 g/mol. The second kappa shape index (κ2) is 8.48. The van der Waals surface area contributed by atoms with Gasteiger partial charge in [0, 0.05) is 18.6 Å². The summed E-state index contributed by atoms with van der Waals surface area (Å²) in [6.07, 6.45) is 0. The number of carbonyl (C=O) groups is 1. The summed E-state index contributed by atoms with van der Waals surface area (Å²) in [5.41, 5.74) is 0. The SMILES string of the molecule is CCOC(=O)C(CN(CC)C(C)C)NC(C)C. The van der Waals surface area contributed by atoms with E-state index >= 15 is 0 Å². The van der Waals surface area contributed by atoms with Gasteiger partial charge in [0.05, 0.1) is 6.61 Å². The van der Waals surface area contributed by atoms with Crippen LogP contribution in [0, 0.1) is 0 Å². The van der Waals surface area contributed by atoms with Crippen LogP contribution in [0.25, 0.3) is 0 Å². The quantitative estimate of drug-likeness (QED) is 0.659. The normalized spacial score (nSPS) is 13.5. The second-order valence-corrected chi connectivity index (χ2v) is 4.81. The van der Waals surface area contributed by atoms with Gasteiger partial charge in [0.1, 0.15) is 6.04 Å². The zero-order chi connectivity index (χ0) is 13.4. The van der Waals surface area contributed by atoms with E-state index in [-0.39, 0.29) is 18.1 Å². The number of ether oxygens (including phenoxy) is 1. The van der Waals surface area contributed by atoms with E-state index in [1.807, 2.05) is 20.8 Å². The fraction of sp³-hybridized carbons (Fsp3) is 0.923. The summed E-state index contributed by atoms with van der Waals surface area (Å²) >= 11 is 0. The van der Waals surface area contributed by atoms with Crippen LogP contribution in [0.2, 0.25) is 0 Å². The predicted octanol–water partition coefficient (Wildman–Crippen LogP) is 1.65. The number of hydrogen-bond acceptors (Lipinski definition) is 4. The van der Waals surface area contributed by atoms with Gasteiger partial charge < -0.3 is 10.1 Å². The van der Waals surface area contributed by atoms with E-state index in [9.17, 15) is 4.79 Å². The Morgan fingerprint density at radius 3 is 2.18 bits per heavy atom. The molecule has 4 nitrogen and oxygen atoms in total. The average Bonchev–Trinajstić information content (AvgIpc) is 2.23. The largest absolute Gasteiger partial charge is 0.465 e. The Morgan fingerprint density at radius 2 is 1.82 bits per heavy atom. The summed E-state index contributed by atoms with van der Waals surface area (Å²) < 4.78 is 5.10. The van der Waals surface area contributed by atoms with Gasteiger partial charge in [0.15, 0.2) is 0 Å². The van der Waals surface area contributed by atoms with Gasteiger partial charge in [0.25, 0.3) is 0 Å². The predicted molar refractivity (Wildman–Crippen MR) is 71.1 cm³/mol. The van der Waals surface area contributed by atoms with Crippen molar-refractivity contribution in [2.24, 2.45) is 0 Å². The Morgan fingerprint density at radius 1 is 1.24 bits per heavy atom. The molecule has 0 fully saturated rings. The molecule has 4 heteroatoms. The number of carbonyl (C=O) groups excluding carboxylic acids is 1. The molecule has 0 saturated carbocycles. The van der Waals surface area contributed by atoms with Crippen LogP contribution in [0.15, 0.2) is 0 Å². The van der Waals surface area contributed by atoms with Crippen molar-refractivity contribution >= 4 is 5.97 Å². The molecule has 0 bridgehead atoms. The highest BCUT2D eigenvalue weighted by Crippen LogP contribution is 2.02. The van der Waals surface area contributed by atoms with Crippen LogP contribution in [-0.4, -0.2) is 48.7 Å². The van der Waals surface area contributed by atoms with E-state index in [0.29, 0.717) is 19.2 Å². The molecule has 0 rings (SSSR count). The molecule has 1 unspecified atom stereocenters. The molecule has 0 aliphatic heterocycles. The summed E-state index contributed by atoms with van der Waals surface area (Å²) in [7, 11) is 0. The second-order valence-electron chi connectivity index (χ2n) is 4.81. The minimum Gasteiger partial charge on any atom is -0.465 e. The van der Waals surface area contributed by atoms with Crippen molar-refractivity contribution in [3.63, 3.8) is 0 Å². The topological polar surface area (TPSA) is 41.6 Å². The lowest BCUT2D eigenvalue weighted by molar-refractivity contribution is -0.146. The highest BCUT2D eigenvalue weighted by Gasteiger charge is 2.23. The molecule has 102 valence electrons. The first-order valence-corrected chi connectivity index (χ1v) is 6.59. The van der Waals surface area contributed by atoms with Crippen LogP contribution >= 0.6 is 0 Å². The molecule has 0 heterocycles. The van der Waals surface area contributed by atoms with Gasteiger partial charge in [-0.05, 0) is 27.3 Å². The Kier molecular flexibility index (Phi) is 8.17. The number of hydrogen-bond donors (Lipinski definition) is 1. The first-order valence-electron chi connectivity index (χ1n) is 6.59. The lowest BCUT2D eigenvalue weighted by Gasteiger charge is -2.30. The molecule has 17 heavy (non-hydrogen) atoms. The minimum absolute atomic E-state index is 0.152. The highest BCUT2D eigenvalue weighted by atomic mass is 16.5. The van der Waals surface area contributed by atoms with E-state index in [4.69, 9.17) is 4.74 Å². The molecule has 0 saturated heterocycles. The first kappa shape index (κ1) is 16.4.